The number of aliphatic hydroxyl groups is 1. The fourth-order valence-corrected chi connectivity index (χ4v) is 1.85. The highest BCUT2D eigenvalue weighted by atomic mass is 16.3. The molecule has 1 aromatic carbocycles. The van der Waals surface area contributed by atoms with Crippen molar-refractivity contribution in [3.05, 3.63) is 36.9 Å². The maximum Gasteiger partial charge on any atom is 0.222 e. The van der Waals surface area contributed by atoms with Crippen LogP contribution >= 0.6 is 0 Å². The monoisotopic (exact) mass is 255 g/mol. The van der Waals surface area contributed by atoms with E-state index in [0.29, 0.717) is 12.5 Å². The number of hydrogen-bond acceptors (Lipinski definition) is 5. The van der Waals surface area contributed by atoms with E-state index in [0.717, 1.165) is 22.2 Å². The van der Waals surface area contributed by atoms with Crippen LogP contribution in [0.15, 0.2) is 36.9 Å². The van der Waals surface area contributed by atoms with Crippen molar-refractivity contribution in [3.8, 4) is 11.1 Å². The van der Waals surface area contributed by atoms with Gasteiger partial charge < -0.3 is 15.4 Å². The number of hydrogen-bond donors (Lipinski definition) is 3. The van der Waals surface area contributed by atoms with Crippen molar-refractivity contribution in [2.75, 3.05) is 18.5 Å². The van der Waals surface area contributed by atoms with Crippen molar-refractivity contribution in [2.45, 2.75) is 0 Å². The van der Waals surface area contributed by atoms with Gasteiger partial charge in [0, 0.05) is 24.5 Å². The number of aliphatic hydroxyl groups excluding tert-OH is 1. The smallest absolute Gasteiger partial charge is 0.222 e. The van der Waals surface area contributed by atoms with E-state index < -0.39 is 0 Å². The minimum Gasteiger partial charge on any atom is -0.395 e. The molecule has 3 aromatic rings. The number of nitrogens with zero attached hydrogens (tertiary/aromatic N) is 3. The number of aromatic amines is 1. The maximum absolute atomic E-state index is 8.71. The van der Waals surface area contributed by atoms with Crippen LogP contribution in [0.2, 0.25) is 0 Å². The summed E-state index contributed by atoms with van der Waals surface area (Å²) in [6.45, 7) is 0.501. The molecule has 0 atom stereocenters. The SMILES string of the molecule is OCCNc1ncc(-c2ccc3nc[nH]c3c2)cn1. The van der Waals surface area contributed by atoms with Crippen LogP contribution in [0.5, 0.6) is 0 Å². The van der Waals surface area contributed by atoms with Crippen LogP contribution in [0.25, 0.3) is 22.2 Å². The minimum absolute atomic E-state index is 0.0571. The van der Waals surface area contributed by atoms with Crippen LogP contribution < -0.4 is 5.32 Å². The van der Waals surface area contributed by atoms with Gasteiger partial charge in [-0.1, -0.05) is 6.07 Å². The highest BCUT2D eigenvalue weighted by Gasteiger charge is 2.03. The molecule has 0 aliphatic heterocycles. The first kappa shape index (κ1) is 11.6. The molecule has 6 heteroatoms. The van der Waals surface area contributed by atoms with Crippen molar-refractivity contribution in [1.29, 1.82) is 0 Å². The second-order valence-corrected chi connectivity index (χ2v) is 4.08. The van der Waals surface area contributed by atoms with Crippen LogP contribution in [0, 0.1) is 0 Å². The summed E-state index contributed by atoms with van der Waals surface area (Å²) in [6, 6.07) is 5.96. The number of benzene rings is 1. The summed E-state index contributed by atoms with van der Waals surface area (Å²) in [7, 11) is 0. The van der Waals surface area contributed by atoms with Crippen molar-refractivity contribution >= 4 is 17.0 Å². The van der Waals surface area contributed by atoms with Crippen LogP contribution in [-0.4, -0.2) is 38.2 Å². The minimum atomic E-state index is 0.0571. The van der Waals surface area contributed by atoms with E-state index in [4.69, 9.17) is 5.11 Å². The lowest BCUT2D eigenvalue weighted by Crippen LogP contribution is -2.08. The van der Waals surface area contributed by atoms with E-state index in [1.807, 2.05) is 18.2 Å². The summed E-state index contributed by atoms with van der Waals surface area (Å²) in [6.07, 6.45) is 5.18. The van der Waals surface area contributed by atoms with Gasteiger partial charge >= 0.3 is 0 Å². The fraction of sp³-hybridized carbons (Fsp3) is 0.154. The van der Waals surface area contributed by atoms with Gasteiger partial charge in [0.1, 0.15) is 0 Å². The van der Waals surface area contributed by atoms with Crippen LogP contribution in [0.1, 0.15) is 0 Å². The van der Waals surface area contributed by atoms with Gasteiger partial charge in [0.05, 0.1) is 24.0 Å². The normalized spacial score (nSPS) is 10.8. The van der Waals surface area contributed by atoms with Crippen molar-refractivity contribution < 1.29 is 5.11 Å². The maximum atomic E-state index is 8.71. The van der Waals surface area contributed by atoms with E-state index in [2.05, 4.69) is 25.3 Å². The van der Waals surface area contributed by atoms with Crippen LogP contribution in [0.3, 0.4) is 0 Å². The van der Waals surface area contributed by atoms with E-state index in [9.17, 15) is 0 Å². The number of fused-ring (bicyclic) bond motifs is 1. The molecule has 19 heavy (non-hydrogen) atoms. The van der Waals surface area contributed by atoms with E-state index in [-0.39, 0.29) is 6.61 Å². The van der Waals surface area contributed by atoms with Crippen molar-refractivity contribution in [1.82, 2.24) is 19.9 Å². The molecule has 3 rings (SSSR count). The van der Waals surface area contributed by atoms with E-state index in [1.54, 1.807) is 18.7 Å². The van der Waals surface area contributed by atoms with Crippen LogP contribution in [-0.2, 0) is 0 Å². The highest BCUT2D eigenvalue weighted by Crippen LogP contribution is 2.21. The van der Waals surface area contributed by atoms with Crippen molar-refractivity contribution in [2.24, 2.45) is 0 Å². The Morgan fingerprint density at radius 2 is 1.95 bits per heavy atom. The molecule has 0 spiro atoms. The van der Waals surface area contributed by atoms with Gasteiger partial charge in [-0.3, -0.25) is 0 Å². The first-order valence-corrected chi connectivity index (χ1v) is 5.97. The second kappa shape index (κ2) is 5.03. The average molecular weight is 255 g/mol. The third kappa shape index (κ3) is 2.38. The summed E-state index contributed by atoms with van der Waals surface area (Å²) in [4.78, 5) is 15.7. The Bertz CT molecular complexity index is 677. The molecule has 3 N–H and O–H groups in total. The van der Waals surface area contributed by atoms with Gasteiger partial charge in [0.15, 0.2) is 0 Å². The largest absolute Gasteiger partial charge is 0.395 e. The Balaban J connectivity index is 1.88. The molecule has 6 nitrogen and oxygen atoms in total. The quantitative estimate of drug-likeness (QED) is 0.656. The standard InChI is InChI=1S/C13H13N5O/c19-4-3-14-13-15-6-10(7-16-13)9-1-2-11-12(5-9)18-8-17-11/h1-2,5-8,19H,3-4H2,(H,17,18)(H,14,15,16). The summed E-state index contributed by atoms with van der Waals surface area (Å²) in [5.74, 6) is 0.514. The first-order chi connectivity index (χ1) is 9.36. The molecule has 0 saturated heterocycles. The number of H-pyrrole nitrogens is 1. The molecular formula is C13H13N5O. The summed E-state index contributed by atoms with van der Waals surface area (Å²) < 4.78 is 0. The molecular weight excluding hydrogens is 242 g/mol. The Labute approximate surface area is 109 Å². The third-order valence-corrected chi connectivity index (χ3v) is 2.80. The molecule has 0 aliphatic rings. The van der Waals surface area contributed by atoms with E-state index in [1.165, 1.54) is 0 Å². The highest BCUT2D eigenvalue weighted by molar-refractivity contribution is 5.81. The zero-order valence-electron chi connectivity index (χ0n) is 10.2. The number of rotatable bonds is 4. The first-order valence-electron chi connectivity index (χ1n) is 5.97. The van der Waals surface area contributed by atoms with Crippen molar-refractivity contribution in [3.63, 3.8) is 0 Å². The van der Waals surface area contributed by atoms with Crippen LogP contribution in [0.4, 0.5) is 5.95 Å². The van der Waals surface area contributed by atoms with Gasteiger partial charge in [-0.05, 0) is 17.7 Å². The Morgan fingerprint density at radius 3 is 2.74 bits per heavy atom. The Hall–Kier alpha value is -2.47. The molecule has 0 bridgehead atoms. The zero-order valence-corrected chi connectivity index (χ0v) is 10.2. The molecule has 2 heterocycles. The third-order valence-electron chi connectivity index (χ3n) is 2.80. The topological polar surface area (TPSA) is 86.7 Å². The molecule has 0 unspecified atom stereocenters. The lowest BCUT2D eigenvalue weighted by molar-refractivity contribution is 0.311. The number of imidazole rings is 1. The fourth-order valence-electron chi connectivity index (χ4n) is 1.85. The van der Waals surface area contributed by atoms with E-state index >= 15 is 0 Å². The summed E-state index contributed by atoms with van der Waals surface area (Å²) >= 11 is 0. The molecule has 0 saturated carbocycles. The molecule has 0 radical (unpaired) electrons. The Kier molecular flexibility index (Phi) is 3.07. The van der Waals surface area contributed by atoms with Gasteiger partial charge in [-0.2, -0.15) is 0 Å². The number of aromatic nitrogens is 4. The summed E-state index contributed by atoms with van der Waals surface area (Å²) in [5.41, 5.74) is 3.89. The molecule has 96 valence electrons. The lowest BCUT2D eigenvalue weighted by atomic mass is 10.1. The molecule has 2 aromatic heterocycles. The lowest BCUT2D eigenvalue weighted by Gasteiger charge is -2.04. The van der Waals surface area contributed by atoms with Gasteiger partial charge in [-0.25, -0.2) is 15.0 Å². The van der Waals surface area contributed by atoms with Gasteiger partial charge in [-0.15, -0.1) is 0 Å². The zero-order chi connectivity index (χ0) is 13.1. The molecule has 0 aliphatic carbocycles. The second-order valence-electron chi connectivity index (χ2n) is 4.08. The average Bonchev–Trinajstić information content (AvgIpc) is 2.93. The predicted octanol–water partition coefficient (Wildman–Crippen LogP) is 1.42. The number of nitrogens with one attached hydrogen (secondary N) is 2. The summed E-state index contributed by atoms with van der Waals surface area (Å²) in [5, 5.41) is 11.6. The van der Waals surface area contributed by atoms with Gasteiger partial charge in [0.25, 0.3) is 0 Å². The Morgan fingerprint density at radius 1 is 1.11 bits per heavy atom. The van der Waals surface area contributed by atoms with Gasteiger partial charge in [0.2, 0.25) is 5.95 Å². The number of anilines is 1. The molecule has 0 amide bonds. The molecule has 0 fully saturated rings. The predicted molar refractivity (Wildman–Crippen MR) is 72.7 cm³/mol.